The lowest BCUT2D eigenvalue weighted by molar-refractivity contribution is 0.264. The van der Waals surface area contributed by atoms with E-state index in [1.54, 1.807) is 0 Å². The van der Waals surface area contributed by atoms with Gasteiger partial charge in [-0.25, -0.2) is 0 Å². The van der Waals surface area contributed by atoms with Gasteiger partial charge < -0.3 is 10.3 Å². The molecule has 1 aromatic rings. The van der Waals surface area contributed by atoms with Gasteiger partial charge in [-0.1, -0.05) is 18.5 Å². The molecular formula is C11H19N3O. The lowest BCUT2D eigenvalue weighted by Crippen LogP contribution is -2.19. The van der Waals surface area contributed by atoms with E-state index in [0.717, 1.165) is 23.9 Å². The number of hydrogen-bond acceptors (Lipinski definition) is 4. The molecule has 0 spiro atoms. The van der Waals surface area contributed by atoms with Crippen molar-refractivity contribution in [2.24, 2.45) is 11.7 Å². The highest BCUT2D eigenvalue weighted by atomic mass is 16.5. The Morgan fingerprint density at radius 2 is 2.53 bits per heavy atom. The molecule has 0 aliphatic carbocycles. The summed E-state index contributed by atoms with van der Waals surface area (Å²) >= 11 is 0. The standard InChI is InChI=1S/C11H19N3O/c1-2-9-3-4-14(7-9)8-11-5-10(6-12)13-15-11/h5,9H,2-4,6-8,12H2,1H3. The molecule has 1 saturated heterocycles. The molecule has 4 heteroatoms. The molecule has 2 rings (SSSR count). The molecule has 1 fully saturated rings. The van der Waals surface area contributed by atoms with Crippen molar-refractivity contribution < 1.29 is 4.52 Å². The molecule has 2 heterocycles. The van der Waals surface area contributed by atoms with Crippen LogP contribution < -0.4 is 5.73 Å². The summed E-state index contributed by atoms with van der Waals surface area (Å²) in [7, 11) is 0. The number of nitrogens with zero attached hydrogens (tertiary/aromatic N) is 2. The second kappa shape index (κ2) is 4.77. The van der Waals surface area contributed by atoms with Gasteiger partial charge in [0.25, 0.3) is 0 Å². The van der Waals surface area contributed by atoms with Crippen LogP contribution in [-0.4, -0.2) is 23.1 Å². The molecule has 15 heavy (non-hydrogen) atoms. The van der Waals surface area contributed by atoms with Gasteiger partial charge in [0.2, 0.25) is 0 Å². The van der Waals surface area contributed by atoms with E-state index < -0.39 is 0 Å². The Balaban J connectivity index is 1.87. The van der Waals surface area contributed by atoms with Crippen molar-refractivity contribution >= 4 is 0 Å². The summed E-state index contributed by atoms with van der Waals surface area (Å²) in [5, 5.41) is 3.89. The van der Waals surface area contributed by atoms with Crippen molar-refractivity contribution in [3.05, 3.63) is 17.5 Å². The lowest BCUT2D eigenvalue weighted by atomic mass is 10.1. The maximum Gasteiger partial charge on any atom is 0.151 e. The molecule has 0 aromatic carbocycles. The minimum atomic E-state index is 0.459. The third-order valence-electron chi connectivity index (χ3n) is 3.14. The van der Waals surface area contributed by atoms with Crippen LogP contribution in [-0.2, 0) is 13.1 Å². The molecule has 84 valence electrons. The highest BCUT2D eigenvalue weighted by Gasteiger charge is 2.21. The molecule has 0 saturated carbocycles. The first-order chi connectivity index (χ1) is 7.31. The second-order valence-electron chi connectivity index (χ2n) is 4.29. The first-order valence-corrected chi connectivity index (χ1v) is 5.68. The van der Waals surface area contributed by atoms with Gasteiger partial charge in [0, 0.05) is 19.2 Å². The normalized spacial score (nSPS) is 22.4. The summed E-state index contributed by atoms with van der Waals surface area (Å²) in [6, 6.07) is 1.96. The first kappa shape index (κ1) is 10.6. The van der Waals surface area contributed by atoms with Gasteiger partial charge in [-0.2, -0.15) is 0 Å². The van der Waals surface area contributed by atoms with Crippen molar-refractivity contribution in [3.8, 4) is 0 Å². The largest absolute Gasteiger partial charge is 0.360 e. The van der Waals surface area contributed by atoms with E-state index in [0.29, 0.717) is 6.54 Å². The maximum absolute atomic E-state index is 5.48. The fraction of sp³-hybridized carbons (Fsp3) is 0.727. The van der Waals surface area contributed by atoms with Crippen LogP contribution in [0.3, 0.4) is 0 Å². The van der Waals surface area contributed by atoms with Crippen molar-refractivity contribution in [3.63, 3.8) is 0 Å². The Morgan fingerprint density at radius 3 is 3.13 bits per heavy atom. The molecule has 1 aliphatic heterocycles. The fourth-order valence-electron chi connectivity index (χ4n) is 2.14. The van der Waals surface area contributed by atoms with Crippen LogP contribution >= 0.6 is 0 Å². The van der Waals surface area contributed by atoms with Gasteiger partial charge >= 0.3 is 0 Å². The van der Waals surface area contributed by atoms with Crippen molar-refractivity contribution in [2.75, 3.05) is 13.1 Å². The van der Waals surface area contributed by atoms with Gasteiger partial charge in [0.1, 0.15) is 0 Å². The van der Waals surface area contributed by atoms with Gasteiger partial charge in [0.05, 0.1) is 12.2 Å². The highest BCUT2D eigenvalue weighted by Crippen LogP contribution is 2.21. The average Bonchev–Trinajstić information content (AvgIpc) is 2.87. The first-order valence-electron chi connectivity index (χ1n) is 5.68. The number of likely N-dealkylation sites (tertiary alicyclic amines) is 1. The predicted molar refractivity (Wildman–Crippen MR) is 58.1 cm³/mol. The zero-order valence-corrected chi connectivity index (χ0v) is 9.28. The zero-order valence-electron chi connectivity index (χ0n) is 9.28. The molecule has 0 radical (unpaired) electrons. The van der Waals surface area contributed by atoms with Crippen LogP contribution in [0.2, 0.25) is 0 Å². The predicted octanol–water partition coefficient (Wildman–Crippen LogP) is 1.37. The van der Waals surface area contributed by atoms with Crippen LogP contribution in [0.1, 0.15) is 31.2 Å². The van der Waals surface area contributed by atoms with Crippen molar-refractivity contribution in [1.82, 2.24) is 10.1 Å². The summed E-state index contributed by atoms with van der Waals surface area (Å²) in [4.78, 5) is 2.43. The van der Waals surface area contributed by atoms with Crippen LogP contribution in [0.15, 0.2) is 10.6 Å². The highest BCUT2D eigenvalue weighted by molar-refractivity contribution is 5.05. The van der Waals surface area contributed by atoms with Crippen LogP contribution in [0.5, 0.6) is 0 Å². The van der Waals surface area contributed by atoms with E-state index in [9.17, 15) is 0 Å². The summed E-state index contributed by atoms with van der Waals surface area (Å²) in [6.45, 7) is 5.96. The Labute approximate surface area is 90.4 Å². The van der Waals surface area contributed by atoms with Gasteiger partial charge in [-0.05, 0) is 18.9 Å². The summed E-state index contributed by atoms with van der Waals surface area (Å²) in [5.41, 5.74) is 6.32. The Bertz CT molecular complexity index is 311. The maximum atomic E-state index is 5.48. The smallest absolute Gasteiger partial charge is 0.151 e. The average molecular weight is 209 g/mol. The SMILES string of the molecule is CCC1CCN(Cc2cc(CN)no2)C1. The third kappa shape index (κ3) is 2.58. The summed E-state index contributed by atoms with van der Waals surface area (Å²) in [6.07, 6.45) is 2.59. The topological polar surface area (TPSA) is 55.3 Å². The van der Waals surface area contributed by atoms with Gasteiger partial charge in [0.15, 0.2) is 5.76 Å². The van der Waals surface area contributed by atoms with E-state index in [1.165, 1.54) is 25.9 Å². The van der Waals surface area contributed by atoms with E-state index in [1.807, 2.05) is 6.07 Å². The molecule has 2 N–H and O–H groups in total. The third-order valence-corrected chi connectivity index (χ3v) is 3.14. The minimum absolute atomic E-state index is 0.459. The van der Waals surface area contributed by atoms with Crippen LogP contribution in [0.4, 0.5) is 0 Å². The van der Waals surface area contributed by atoms with Gasteiger partial charge in [-0.15, -0.1) is 0 Å². The summed E-state index contributed by atoms with van der Waals surface area (Å²) < 4.78 is 5.21. The quantitative estimate of drug-likeness (QED) is 0.813. The Hall–Kier alpha value is -0.870. The number of hydrogen-bond donors (Lipinski definition) is 1. The van der Waals surface area contributed by atoms with Crippen molar-refractivity contribution in [1.29, 1.82) is 0 Å². The Morgan fingerprint density at radius 1 is 1.67 bits per heavy atom. The molecule has 1 atom stereocenters. The summed E-state index contributed by atoms with van der Waals surface area (Å²) in [5.74, 6) is 1.80. The molecule has 1 aromatic heterocycles. The molecule has 4 nitrogen and oxygen atoms in total. The monoisotopic (exact) mass is 209 g/mol. The van der Waals surface area contributed by atoms with Crippen LogP contribution in [0.25, 0.3) is 0 Å². The van der Waals surface area contributed by atoms with Gasteiger partial charge in [-0.3, -0.25) is 4.90 Å². The molecule has 0 amide bonds. The molecule has 1 unspecified atom stereocenters. The van der Waals surface area contributed by atoms with E-state index in [4.69, 9.17) is 10.3 Å². The van der Waals surface area contributed by atoms with Crippen molar-refractivity contribution in [2.45, 2.75) is 32.9 Å². The number of nitrogens with two attached hydrogens (primary N) is 1. The fourth-order valence-corrected chi connectivity index (χ4v) is 2.14. The van der Waals surface area contributed by atoms with E-state index in [2.05, 4.69) is 17.0 Å². The molecular weight excluding hydrogens is 190 g/mol. The van der Waals surface area contributed by atoms with E-state index >= 15 is 0 Å². The minimum Gasteiger partial charge on any atom is -0.360 e. The lowest BCUT2D eigenvalue weighted by Gasteiger charge is -2.12. The second-order valence-corrected chi connectivity index (χ2v) is 4.29. The Kier molecular flexibility index (Phi) is 3.38. The molecule has 1 aliphatic rings. The number of rotatable bonds is 4. The number of aromatic nitrogens is 1. The zero-order chi connectivity index (χ0) is 10.7. The molecule has 0 bridgehead atoms. The van der Waals surface area contributed by atoms with Crippen LogP contribution in [0, 0.1) is 5.92 Å². The van der Waals surface area contributed by atoms with E-state index in [-0.39, 0.29) is 0 Å².